The summed E-state index contributed by atoms with van der Waals surface area (Å²) in [6.07, 6.45) is -5.17. The number of fused-ring (bicyclic) bond motifs is 5. The molecule has 3 atom stereocenters. The molecule has 1 unspecified atom stereocenters. The molecule has 0 saturated carbocycles. The van der Waals surface area contributed by atoms with Crippen molar-refractivity contribution in [1.82, 2.24) is 9.21 Å². The van der Waals surface area contributed by atoms with Crippen LogP contribution in [-0.2, 0) is 21.0 Å². The second-order valence-electron chi connectivity index (χ2n) is 7.13. The third kappa shape index (κ3) is 2.88. The highest BCUT2D eigenvalue weighted by molar-refractivity contribution is 7.90. The van der Waals surface area contributed by atoms with Crippen LogP contribution in [-0.4, -0.2) is 59.7 Å². The fraction of sp³-hybridized carbons (Fsp3) is 0.438. The normalized spacial score (nSPS) is 26.5. The number of carbonyl (C=O) groups excluding carboxylic acids is 2. The molecule has 3 aliphatic rings. The average molecular weight is 468 g/mol. The molecule has 0 N–H and O–H groups in total. The minimum absolute atomic E-state index is 0.118. The first-order valence-electron chi connectivity index (χ1n) is 8.56. The van der Waals surface area contributed by atoms with E-state index >= 15 is 0 Å². The van der Waals surface area contributed by atoms with E-state index in [2.05, 4.69) is 0 Å². The number of alkyl halides is 6. The van der Waals surface area contributed by atoms with Gasteiger partial charge in [-0.3, -0.25) is 4.79 Å². The maximum atomic E-state index is 13.2. The molecule has 3 heterocycles. The number of hydrogen-bond acceptors (Lipinski definition) is 5. The first-order chi connectivity index (χ1) is 14.2. The van der Waals surface area contributed by atoms with Crippen LogP contribution in [0.1, 0.15) is 17.5 Å². The van der Waals surface area contributed by atoms with Crippen molar-refractivity contribution < 1.29 is 44.3 Å². The average Bonchev–Trinajstić information content (AvgIpc) is 3.31. The van der Waals surface area contributed by atoms with Gasteiger partial charge in [-0.25, -0.2) is 18.1 Å². The van der Waals surface area contributed by atoms with Gasteiger partial charge in [0.1, 0.15) is 6.04 Å². The van der Waals surface area contributed by atoms with Crippen molar-refractivity contribution >= 4 is 27.6 Å². The molecule has 1 aromatic carbocycles. The van der Waals surface area contributed by atoms with E-state index in [1.807, 2.05) is 0 Å². The highest BCUT2D eigenvalue weighted by atomic mass is 32.2. The Kier molecular flexibility index (Phi) is 4.36. The number of hydrogen-bond donors (Lipinski definition) is 0. The molecule has 4 rings (SSSR count). The molecule has 166 valence electrons. The summed E-state index contributed by atoms with van der Waals surface area (Å²) in [5, 5.41) is 8.86. The molecule has 3 aliphatic heterocycles. The number of carbonyl (C=O) groups is 2. The van der Waals surface area contributed by atoms with Gasteiger partial charge in [-0.15, -0.1) is 0 Å². The van der Waals surface area contributed by atoms with E-state index in [9.17, 15) is 44.3 Å². The molecular formula is C16H10F6N4O4S. The van der Waals surface area contributed by atoms with Crippen molar-refractivity contribution in [3.63, 3.8) is 0 Å². The zero-order valence-corrected chi connectivity index (χ0v) is 15.8. The molecule has 0 radical (unpaired) electrons. The highest BCUT2D eigenvalue weighted by Crippen LogP contribution is 2.46. The standard InChI is InChI=1S/C16H10F6N4O4S/c17-15(18,19)10-3-8(2-1-7(10)5-23)26-13(27)12-11-4-9(25(12)14(26)28)6-24(11)31(29,30)16(20,21)22/h1-3,9,11-12H,4,6H2/t9-,11?,12-/m1/s1. The van der Waals surface area contributed by atoms with E-state index < -0.39 is 75.1 Å². The maximum absolute atomic E-state index is 13.2. The van der Waals surface area contributed by atoms with Crippen LogP contribution in [0.15, 0.2) is 18.2 Å². The number of benzene rings is 1. The van der Waals surface area contributed by atoms with Crippen LogP contribution in [0.2, 0.25) is 0 Å². The Morgan fingerprint density at radius 3 is 2.29 bits per heavy atom. The Hall–Kier alpha value is -2.86. The molecule has 3 fully saturated rings. The summed E-state index contributed by atoms with van der Waals surface area (Å²) in [7, 11) is -5.76. The molecule has 31 heavy (non-hydrogen) atoms. The van der Waals surface area contributed by atoms with E-state index in [0.717, 1.165) is 17.0 Å². The summed E-state index contributed by atoms with van der Waals surface area (Å²) in [5.74, 6) is -1.14. The number of nitriles is 1. The molecule has 0 aromatic heterocycles. The van der Waals surface area contributed by atoms with Gasteiger partial charge in [0, 0.05) is 12.6 Å². The highest BCUT2D eigenvalue weighted by Gasteiger charge is 2.67. The van der Waals surface area contributed by atoms with Crippen LogP contribution < -0.4 is 4.90 Å². The van der Waals surface area contributed by atoms with Gasteiger partial charge >= 0.3 is 27.7 Å². The van der Waals surface area contributed by atoms with Crippen LogP contribution in [0.3, 0.4) is 0 Å². The van der Waals surface area contributed by atoms with E-state index in [1.165, 1.54) is 6.07 Å². The van der Waals surface area contributed by atoms with Gasteiger partial charge in [0.15, 0.2) is 0 Å². The largest absolute Gasteiger partial charge is 0.511 e. The van der Waals surface area contributed by atoms with Gasteiger partial charge in [0.05, 0.1) is 28.9 Å². The maximum Gasteiger partial charge on any atom is 0.511 e. The third-order valence-electron chi connectivity index (χ3n) is 5.51. The molecule has 3 saturated heterocycles. The van der Waals surface area contributed by atoms with Gasteiger partial charge in [-0.1, -0.05) is 0 Å². The van der Waals surface area contributed by atoms with Crippen molar-refractivity contribution in [2.24, 2.45) is 0 Å². The molecular weight excluding hydrogens is 458 g/mol. The SMILES string of the molecule is N#Cc1ccc(N2C(=O)[C@H]3C4C[C@H](CN4S(=O)(=O)C(F)(F)F)N3C2=O)cc1C(F)(F)F. The number of halogens is 6. The summed E-state index contributed by atoms with van der Waals surface area (Å²) in [6, 6.07) is -1.72. The summed E-state index contributed by atoms with van der Waals surface area (Å²) >= 11 is 0. The first kappa shape index (κ1) is 21.4. The van der Waals surface area contributed by atoms with E-state index in [0.29, 0.717) is 11.0 Å². The quantitative estimate of drug-likeness (QED) is 0.488. The second kappa shape index (κ2) is 6.33. The minimum Gasteiger partial charge on any atom is -0.306 e. The fourth-order valence-electron chi connectivity index (χ4n) is 4.27. The Morgan fingerprint density at radius 2 is 1.74 bits per heavy atom. The van der Waals surface area contributed by atoms with Crippen molar-refractivity contribution in [2.45, 2.75) is 36.2 Å². The molecule has 8 nitrogen and oxygen atoms in total. The number of imide groups is 1. The number of sulfonamides is 1. The lowest BCUT2D eigenvalue weighted by molar-refractivity contribution is -0.137. The van der Waals surface area contributed by atoms with Crippen molar-refractivity contribution in [3.05, 3.63) is 29.3 Å². The van der Waals surface area contributed by atoms with Crippen LogP contribution in [0.25, 0.3) is 0 Å². The van der Waals surface area contributed by atoms with Crippen LogP contribution in [0.5, 0.6) is 0 Å². The van der Waals surface area contributed by atoms with Crippen molar-refractivity contribution in [1.29, 1.82) is 5.26 Å². The Morgan fingerprint density at radius 1 is 1.10 bits per heavy atom. The third-order valence-corrected chi connectivity index (χ3v) is 7.13. The zero-order valence-electron chi connectivity index (χ0n) is 15.0. The van der Waals surface area contributed by atoms with Gasteiger partial charge < -0.3 is 4.90 Å². The lowest BCUT2D eigenvalue weighted by atomic mass is 10.1. The molecule has 0 aliphatic carbocycles. The fourth-order valence-corrected chi connectivity index (χ4v) is 5.46. The van der Waals surface area contributed by atoms with Gasteiger partial charge in [-0.05, 0) is 24.6 Å². The van der Waals surface area contributed by atoms with Gasteiger partial charge in [-0.2, -0.15) is 35.9 Å². The summed E-state index contributed by atoms with van der Waals surface area (Å²) in [6.45, 7) is -0.683. The van der Waals surface area contributed by atoms with E-state index in [4.69, 9.17) is 5.26 Å². The monoisotopic (exact) mass is 468 g/mol. The van der Waals surface area contributed by atoms with Crippen molar-refractivity contribution in [2.75, 3.05) is 11.4 Å². The molecule has 3 amide bonds. The van der Waals surface area contributed by atoms with E-state index in [-0.39, 0.29) is 10.7 Å². The Labute approximate surface area is 170 Å². The lowest BCUT2D eigenvalue weighted by Crippen LogP contribution is -2.57. The van der Waals surface area contributed by atoms with Crippen molar-refractivity contribution in [3.8, 4) is 6.07 Å². The molecule has 0 spiro atoms. The number of urea groups is 1. The predicted octanol–water partition coefficient (Wildman–Crippen LogP) is 2.02. The van der Waals surface area contributed by atoms with Crippen LogP contribution >= 0.6 is 0 Å². The molecule has 1 aromatic rings. The number of nitrogens with zero attached hydrogens (tertiary/aromatic N) is 4. The van der Waals surface area contributed by atoms with Gasteiger partial charge in [0.2, 0.25) is 0 Å². The van der Waals surface area contributed by atoms with Crippen LogP contribution in [0, 0.1) is 11.3 Å². The Bertz CT molecular complexity index is 1140. The molecule has 2 bridgehead atoms. The topological polar surface area (TPSA) is 102 Å². The molecule has 15 heteroatoms. The number of piperazine rings is 1. The van der Waals surface area contributed by atoms with E-state index in [1.54, 1.807) is 0 Å². The number of rotatable bonds is 2. The Balaban J connectivity index is 1.72. The summed E-state index contributed by atoms with van der Waals surface area (Å²) in [5.41, 5.74) is -8.29. The minimum atomic E-state index is -5.76. The number of anilines is 1. The first-order valence-corrected chi connectivity index (χ1v) is 10.00. The van der Waals surface area contributed by atoms with Gasteiger partial charge in [0.25, 0.3) is 5.91 Å². The predicted molar refractivity (Wildman–Crippen MR) is 88.5 cm³/mol. The second-order valence-corrected chi connectivity index (χ2v) is 9.01. The number of amides is 3. The summed E-state index contributed by atoms with van der Waals surface area (Å²) in [4.78, 5) is 26.9. The smallest absolute Gasteiger partial charge is 0.306 e. The zero-order chi connectivity index (χ0) is 23.1. The van der Waals surface area contributed by atoms with Crippen LogP contribution in [0.4, 0.5) is 36.8 Å². The lowest BCUT2D eigenvalue weighted by Gasteiger charge is -2.34. The summed E-state index contributed by atoms with van der Waals surface area (Å²) < 4.78 is 102.